The van der Waals surface area contributed by atoms with Gasteiger partial charge in [0.25, 0.3) is 0 Å². The summed E-state index contributed by atoms with van der Waals surface area (Å²) < 4.78 is 3.80. The molecule has 0 saturated carbocycles. The molecule has 0 fully saturated rings. The summed E-state index contributed by atoms with van der Waals surface area (Å²) in [6, 6.07) is 1.97. The molecule has 0 saturated heterocycles. The van der Waals surface area contributed by atoms with Crippen LogP contribution >= 0.6 is 0 Å². The lowest BCUT2D eigenvalue weighted by atomic mass is 10.3. The molecule has 8 heteroatoms. The van der Waals surface area contributed by atoms with E-state index in [1.54, 1.807) is 6.20 Å². The van der Waals surface area contributed by atoms with E-state index in [9.17, 15) is 0 Å². The number of guanidine groups is 1. The highest BCUT2D eigenvalue weighted by Gasteiger charge is 2.06. The molecule has 0 spiro atoms. The van der Waals surface area contributed by atoms with Gasteiger partial charge in [-0.05, 0) is 19.4 Å². The van der Waals surface area contributed by atoms with Gasteiger partial charge in [-0.3, -0.25) is 4.68 Å². The summed E-state index contributed by atoms with van der Waals surface area (Å²) in [4.78, 5) is 4.63. The van der Waals surface area contributed by atoms with Crippen molar-refractivity contribution in [3.63, 3.8) is 0 Å². The van der Waals surface area contributed by atoms with Crippen LogP contribution in [0.15, 0.2) is 17.3 Å². The van der Waals surface area contributed by atoms with Gasteiger partial charge in [0.1, 0.15) is 5.82 Å². The second-order valence-corrected chi connectivity index (χ2v) is 5.47. The lowest BCUT2D eigenvalue weighted by Crippen LogP contribution is -2.38. The molecule has 0 aliphatic heterocycles. The number of unbranched alkanes of at least 4 members (excludes halogenated alkanes) is 1. The highest BCUT2D eigenvalue weighted by molar-refractivity contribution is 5.79. The van der Waals surface area contributed by atoms with Gasteiger partial charge in [0.15, 0.2) is 11.8 Å². The van der Waals surface area contributed by atoms with E-state index in [2.05, 4.69) is 37.8 Å². The minimum absolute atomic E-state index is 0.579. The quantitative estimate of drug-likeness (QED) is 0.450. The maximum absolute atomic E-state index is 4.63. The molecule has 0 aliphatic carbocycles. The molecule has 2 heterocycles. The van der Waals surface area contributed by atoms with E-state index in [1.807, 2.05) is 36.3 Å². The number of hydrogen-bond acceptors (Lipinski definition) is 4. The third kappa shape index (κ3) is 4.80. The van der Waals surface area contributed by atoms with Gasteiger partial charge >= 0.3 is 0 Å². The van der Waals surface area contributed by atoms with E-state index in [0.717, 1.165) is 42.7 Å². The first-order valence-corrected chi connectivity index (χ1v) is 7.95. The average Bonchev–Trinajstić information content (AvgIpc) is 3.09. The predicted octanol–water partition coefficient (Wildman–Crippen LogP) is 0.893. The van der Waals surface area contributed by atoms with Crippen LogP contribution in [0.1, 0.15) is 37.1 Å². The predicted molar refractivity (Wildman–Crippen MR) is 89.8 cm³/mol. The third-order valence-electron chi connectivity index (χ3n) is 3.74. The Kier molecular flexibility index (Phi) is 6.13. The van der Waals surface area contributed by atoms with Crippen LogP contribution in [0, 0.1) is 6.92 Å². The smallest absolute Gasteiger partial charge is 0.192 e. The third-order valence-corrected chi connectivity index (χ3v) is 3.74. The number of aromatic nitrogens is 5. The molecule has 2 aromatic rings. The zero-order chi connectivity index (χ0) is 16.7. The molecule has 0 aromatic carbocycles. The Morgan fingerprint density at radius 3 is 2.70 bits per heavy atom. The number of aliphatic imine (C=N–C) groups is 1. The molecule has 0 atom stereocenters. The maximum atomic E-state index is 4.63. The average molecular weight is 318 g/mol. The standard InChI is InChI=1S/C15H26N8/c1-5-6-8-16-15(17-10-13-7-9-19-23(13)4)18-11-14-21-20-12(2)22(14)3/h7,9H,5-6,8,10-11H2,1-4H3,(H2,16,17,18). The van der Waals surface area contributed by atoms with Gasteiger partial charge in [-0.25, -0.2) is 4.99 Å². The van der Waals surface area contributed by atoms with Crippen molar-refractivity contribution in [1.29, 1.82) is 0 Å². The highest BCUT2D eigenvalue weighted by Crippen LogP contribution is 1.99. The number of nitrogens with one attached hydrogen (secondary N) is 2. The van der Waals surface area contributed by atoms with Crippen molar-refractivity contribution >= 4 is 5.96 Å². The van der Waals surface area contributed by atoms with E-state index in [1.165, 1.54) is 0 Å². The Hall–Kier alpha value is -2.38. The Labute approximate surface area is 137 Å². The van der Waals surface area contributed by atoms with Crippen LogP contribution in [-0.4, -0.2) is 37.0 Å². The number of nitrogens with zero attached hydrogens (tertiary/aromatic N) is 6. The van der Waals surface area contributed by atoms with Gasteiger partial charge in [0.2, 0.25) is 0 Å². The fourth-order valence-electron chi connectivity index (χ4n) is 2.04. The molecule has 0 unspecified atom stereocenters. The Morgan fingerprint density at radius 2 is 2.09 bits per heavy atom. The first kappa shape index (κ1) is 17.0. The summed E-state index contributed by atoms with van der Waals surface area (Å²) in [7, 11) is 3.88. The van der Waals surface area contributed by atoms with Crippen LogP contribution in [0.3, 0.4) is 0 Å². The highest BCUT2D eigenvalue weighted by atomic mass is 15.3. The van der Waals surface area contributed by atoms with Crippen LogP contribution in [0.25, 0.3) is 0 Å². The van der Waals surface area contributed by atoms with Gasteiger partial charge in [-0.2, -0.15) is 5.10 Å². The van der Waals surface area contributed by atoms with Crippen LogP contribution in [-0.2, 0) is 27.2 Å². The number of hydrogen-bond donors (Lipinski definition) is 2. The normalized spacial score (nSPS) is 11.7. The summed E-state index contributed by atoms with van der Waals surface area (Å²) >= 11 is 0. The Balaban J connectivity index is 1.98. The van der Waals surface area contributed by atoms with Crippen molar-refractivity contribution in [1.82, 2.24) is 35.2 Å². The van der Waals surface area contributed by atoms with Crippen molar-refractivity contribution in [3.8, 4) is 0 Å². The van der Waals surface area contributed by atoms with Crippen molar-refractivity contribution in [2.24, 2.45) is 19.1 Å². The lowest BCUT2D eigenvalue weighted by molar-refractivity contribution is 0.684. The molecule has 0 amide bonds. The molecule has 2 aromatic heterocycles. The molecule has 0 bridgehead atoms. The minimum Gasteiger partial charge on any atom is -0.356 e. The second-order valence-electron chi connectivity index (χ2n) is 5.47. The topological polar surface area (TPSA) is 84.9 Å². The number of aryl methyl sites for hydroxylation is 2. The fourth-order valence-corrected chi connectivity index (χ4v) is 2.04. The summed E-state index contributed by atoms with van der Waals surface area (Å²) in [6.45, 7) is 6.17. The molecular formula is C15H26N8. The van der Waals surface area contributed by atoms with Gasteiger partial charge in [0, 0.05) is 26.8 Å². The lowest BCUT2D eigenvalue weighted by Gasteiger charge is -2.12. The van der Waals surface area contributed by atoms with Gasteiger partial charge in [-0.1, -0.05) is 13.3 Å². The molecule has 2 N–H and O–H groups in total. The van der Waals surface area contributed by atoms with Crippen molar-refractivity contribution in [2.45, 2.75) is 39.8 Å². The molecule has 2 rings (SSSR count). The second kappa shape index (κ2) is 8.30. The van der Waals surface area contributed by atoms with E-state index in [4.69, 9.17) is 0 Å². The first-order valence-electron chi connectivity index (χ1n) is 7.95. The summed E-state index contributed by atoms with van der Waals surface area (Å²) in [5, 5.41) is 19.1. The van der Waals surface area contributed by atoms with Gasteiger partial charge < -0.3 is 15.2 Å². The van der Waals surface area contributed by atoms with Gasteiger partial charge in [0.05, 0.1) is 18.8 Å². The van der Waals surface area contributed by atoms with Crippen LogP contribution < -0.4 is 10.6 Å². The molecule has 0 aliphatic rings. The molecule has 126 valence electrons. The fraction of sp³-hybridized carbons (Fsp3) is 0.600. The summed E-state index contributed by atoms with van der Waals surface area (Å²) in [5.74, 6) is 2.56. The Bertz CT molecular complexity index is 640. The van der Waals surface area contributed by atoms with E-state index < -0.39 is 0 Å². The van der Waals surface area contributed by atoms with E-state index >= 15 is 0 Å². The monoisotopic (exact) mass is 318 g/mol. The largest absolute Gasteiger partial charge is 0.356 e. The van der Waals surface area contributed by atoms with E-state index in [0.29, 0.717) is 13.1 Å². The minimum atomic E-state index is 0.579. The molecule has 23 heavy (non-hydrogen) atoms. The van der Waals surface area contributed by atoms with Crippen molar-refractivity contribution in [3.05, 3.63) is 29.6 Å². The van der Waals surface area contributed by atoms with Crippen LogP contribution in [0.4, 0.5) is 0 Å². The molecule has 8 nitrogen and oxygen atoms in total. The van der Waals surface area contributed by atoms with Gasteiger partial charge in [-0.15, -0.1) is 10.2 Å². The Morgan fingerprint density at radius 1 is 1.26 bits per heavy atom. The van der Waals surface area contributed by atoms with Crippen molar-refractivity contribution in [2.75, 3.05) is 6.54 Å². The first-order chi connectivity index (χ1) is 11.1. The summed E-state index contributed by atoms with van der Waals surface area (Å²) in [6.07, 6.45) is 4.03. The zero-order valence-corrected chi connectivity index (χ0v) is 14.4. The molecule has 0 radical (unpaired) electrons. The van der Waals surface area contributed by atoms with Crippen molar-refractivity contribution < 1.29 is 0 Å². The number of rotatable bonds is 7. The van der Waals surface area contributed by atoms with Crippen LogP contribution in [0.5, 0.6) is 0 Å². The zero-order valence-electron chi connectivity index (χ0n) is 14.4. The summed E-state index contributed by atoms with van der Waals surface area (Å²) in [5.41, 5.74) is 1.07. The molecular weight excluding hydrogens is 292 g/mol. The SMILES string of the molecule is CCCCNC(=NCc1ccnn1C)NCc1nnc(C)n1C. The van der Waals surface area contributed by atoms with Crippen LogP contribution in [0.2, 0.25) is 0 Å². The maximum Gasteiger partial charge on any atom is 0.192 e. The van der Waals surface area contributed by atoms with E-state index in [-0.39, 0.29) is 0 Å².